The van der Waals surface area contributed by atoms with Crippen LogP contribution in [0.4, 0.5) is 0 Å². The molecule has 2 N–H and O–H groups in total. The molecule has 0 saturated heterocycles. The first-order valence-electron chi connectivity index (χ1n) is 12.5. The van der Waals surface area contributed by atoms with Crippen LogP contribution in [0.2, 0.25) is 0 Å². The molecule has 0 aliphatic carbocycles. The highest BCUT2D eigenvalue weighted by atomic mass is 16.5. The molecular formula is C28H49NO4. The summed E-state index contributed by atoms with van der Waals surface area (Å²) in [7, 11) is 0. The first-order chi connectivity index (χ1) is 15.4. The molecule has 0 heterocycles. The molecule has 0 unspecified atom stereocenters. The number of ether oxygens (including phenoxy) is 1. The third-order valence-electron chi connectivity index (χ3n) is 5.49. The lowest BCUT2D eigenvalue weighted by atomic mass is 9.82. The lowest BCUT2D eigenvalue weighted by molar-refractivity contribution is -0.137. The summed E-state index contributed by atoms with van der Waals surface area (Å²) in [6, 6.07) is 0. The van der Waals surface area contributed by atoms with Gasteiger partial charge in [-0.25, -0.2) is 0 Å². The number of hydrogen-bond donors (Lipinski definition) is 2. The van der Waals surface area contributed by atoms with Gasteiger partial charge in [0.2, 0.25) is 0 Å². The van der Waals surface area contributed by atoms with E-state index < -0.39 is 5.97 Å². The molecule has 33 heavy (non-hydrogen) atoms. The number of allylic oxidation sites excluding steroid dienone is 4. The van der Waals surface area contributed by atoms with E-state index in [9.17, 15) is 9.59 Å². The average Bonchev–Trinajstić information content (AvgIpc) is 2.70. The van der Waals surface area contributed by atoms with E-state index in [0.29, 0.717) is 37.7 Å². The van der Waals surface area contributed by atoms with E-state index in [-0.39, 0.29) is 23.2 Å². The van der Waals surface area contributed by atoms with Crippen molar-refractivity contribution in [3.05, 3.63) is 36.0 Å². The minimum atomic E-state index is -0.729. The molecule has 0 aromatic carbocycles. The zero-order valence-corrected chi connectivity index (χ0v) is 22.2. The number of nitrogens with one attached hydrogen (secondary N) is 1. The Hall–Kier alpha value is -1.88. The standard InChI is InChI=1S/C28H49NO4/c1-8-14-24(16-12-15-23(2)3)26(32)29-21-27(4,5)18-13-19-28(6,7)22-33-20-11-9-10-17-25(30)31/h8,12,14-16,23H,9-11,13,17-22H2,1-7H3,(H,29,32)(H,30,31)/b14-8-,15-12-,24-16+. The van der Waals surface area contributed by atoms with Gasteiger partial charge in [-0.2, -0.15) is 0 Å². The number of hydrogen-bond acceptors (Lipinski definition) is 3. The summed E-state index contributed by atoms with van der Waals surface area (Å²) in [5.74, 6) is -0.312. The van der Waals surface area contributed by atoms with E-state index in [1.807, 2.05) is 31.2 Å². The lowest BCUT2D eigenvalue weighted by Crippen LogP contribution is -2.34. The quantitative estimate of drug-likeness (QED) is 0.135. The molecule has 0 aromatic heterocycles. The van der Waals surface area contributed by atoms with Crippen LogP contribution in [0, 0.1) is 16.7 Å². The number of carboxylic acids is 1. The summed E-state index contributed by atoms with van der Waals surface area (Å²) in [6.45, 7) is 17.0. The number of carboxylic acid groups (broad SMARTS) is 1. The largest absolute Gasteiger partial charge is 0.481 e. The predicted octanol–water partition coefficient (Wildman–Crippen LogP) is 6.70. The van der Waals surface area contributed by atoms with Crippen molar-refractivity contribution in [3.8, 4) is 0 Å². The van der Waals surface area contributed by atoms with E-state index in [0.717, 1.165) is 32.1 Å². The van der Waals surface area contributed by atoms with E-state index in [4.69, 9.17) is 9.84 Å². The van der Waals surface area contributed by atoms with Gasteiger partial charge in [0.05, 0.1) is 6.61 Å². The normalized spacial score (nSPS) is 13.4. The Morgan fingerprint density at radius 2 is 1.67 bits per heavy atom. The topological polar surface area (TPSA) is 75.6 Å². The predicted molar refractivity (Wildman–Crippen MR) is 138 cm³/mol. The zero-order valence-electron chi connectivity index (χ0n) is 22.2. The summed E-state index contributed by atoms with van der Waals surface area (Å²) in [5.41, 5.74) is 0.794. The molecule has 0 aliphatic rings. The van der Waals surface area contributed by atoms with Gasteiger partial charge in [0.15, 0.2) is 0 Å². The van der Waals surface area contributed by atoms with Crippen molar-refractivity contribution in [1.82, 2.24) is 5.32 Å². The molecule has 0 saturated carbocycles. The number of carbonyl (C=O) groups excluding carboxylic acids is 1. The van der Waals surface area contributed by atoms with Crippen molar-refractivity contribution < 1.29 is 19.4 Å². The molecule has 0 aromatic rings. The summed E-state index contributed by atoms with van der Waals surface area (Å²) in [6.07, 6.45) is 15.6. The van der Waals surface area contributed by atoms with Gasteiger partial charge in [-0.15, -0.1) is 0 Å². The van der Waals surface area contributed by atoms with Gasteiger partial charge in [-0.1, -0.05) is 78.7 Å². The van der Waals surface area contributed by atoms with E-state index in [1.54, 1.807) is 0 Å². The zero-order chi connectivity index (χ0) is 25.3. The Balaban J connectivity index is 4.33. The number of unbranched alkanes of at least 4 members (excludes halogenated alkanes) is 2. The van der Waals surface area contributed by atoms with Crippen LogP contribution in [-0.4, -0.2) is 36.7 Å². The maximum Gasteiger partial charge on any atom is 0.303 e. The molecule has 0 aliphatic heterocycles. The number of carbonyl (C=O) groups is 2. The Labute approximate surface area is 202 Å². The second kappa shape index (κ2) is 16.7. The summed E-state index contributed by atoms with van der Waals surface area (Å²) in [4.78, 5) is 23.1. The van der Waals surface area contributed by atoms with Crippen molar-refractivity contribution >= 4 is 11.9 Å². The van der Waals surface area contributed by atoms with Crippen LogP contribution >= 0.6 is 0 Å². The van der Waals surface area contributed by atoms with Crippen LogP contribution in [0.15, 0.2) is 36.0 Å². The fourth-order valence-electron chi connectivity index (χ4n) is 3.40. The highest BCUT2D eigenvalue weighted by Gasteiger charge is 2.23. The molecule has 0 bridgehead atoms. The van der Waals surface area contributed by atoms with Crippen molar-refractivity contribution in [2.24, 2.45) is 16.7 Å². The van der Waals surface area contributed by atoms with Crippen molar-refractivity contribution in [2.45, 2.75) is 93.4 Å². The molecular weight excluding hydrogens is 414 g/mol. The molecule has 5 nitrogen and oxygen atoms in total. The molecule has 0 radical (unpaired) electrons. The maximum absolute atomic E-state index is 12.6. The molecule has 5 heteroatoms. The Morgan fingerprint density at radius 1 is 1.00 bits per heavy atom. The SMILES string of the molecule is C\C=C/C(=C\C=C/C(C)C)C(=O)NCC(C)(C)CCCC(C)(C)COCCCCCC(=O)O. The van der Waals surface area contributed by atoms with Gasteiger partial charge in [0, 0.05) is 25.1 Å². The van der Waals surface area contributed by atoms with Crippen LogP contribution in [0.25, 0.3) is 0 Å². The molecule has 0 fully saturated rings. The van der Waals surface area contributed by atoms with Crippen molar-refractivity contribution in [1.29, 1.82) is 0 Å². The van der Waals surface area contributed by atoms with Crippen molar-refractivity contribution in [2.75, 3.05) is 19.8 Å². The highest BCUT2D eigenvalue weighted by molar-refractivity contribution is 5.96. The highest BCUT2D eigenvalue weighted by Crippen LogP contribution is 2.29. The number of rotatable bonds is 18. The summed E-state index contributed by atoms with van der Waals surface area (Å²) in [5, 5.41) is 11.8. The number of amides is 1. The van der Waals surface area contributed by atoms with E-state index >= 15 is 0 Å². The first kappa shape index (κ1) is 31.1. The van der Waals surface area contributed by atoms with E-state index in [1.165, 1.54) is 0 Å². The Kier molecular flexibility index (Phi) is 15.7. The van der Waals surface area contributed by atoms with Gasteiger partial charge in [-0.05, 0) is 55.4 Å². The fourth-order valence-corrected chi connectivity index (χ4v) is 3.40. The molecule has 0 atom stereocenters. The van der Waals surface area contributed by atoms with Gasteiger partial charge in [0.1, 0.15) is 0 Å². The average molecular weight is 464 g/mol. The Bertz CT molecular complexity index is 657. The summed E-state index contributed by atoms with van der Waals surface area (Å²) >= 11 is 0. The van der Waals surface area contributed by atoms with Crippen LogP contribution in [0.5, 0.6) is 0 Å². The van der Waals surface area contributed by atoms with Gasteiger partial charge in [-0.3, -0.25) is 9.59 Å². The van der Waals surface area contributed by atoms with Crippen LogP contribution in [0.3, 0.4) is 0 Å². The summed E-state index contributed by atoms with van der Waals surface area (Å²) < 4.78 is 5.84. The minimum Gasteiger partial charge on any atom is -0.481 e. The molecule has 190 valence electrons. The Morgan fingerprint density at radius 3 is 2.27 bits per heavy atom. The lowest BCUT2D eigenvalue weighted by Gasteiger charge is -2.29. The third kappa shape index (κ3) is 18.3. The minimum absolute atomic E-state index is 0.0194. The van der Waals surface area contributed by atoms with Crippen LogP contribution < -0.4 is 5.32 Å². The van der Waals surface area contributed by atoms with Crippen LogP contribution in [-0.2, 0) is 14.3 Å². The maximum atomic E-state index is 12.6. The molecule has 1 amide bonds. The smallest absolute Gasteiger partial charge is 0.303 e. The van der Waals surface area contributed by atoms with E-state index in [2.05, 4.69) is 52.9 Å². The van der Waals surface area contributed by atoms with Crippen LogP contribution in [0.1, 0.15) is 93.4 Å². The molecule has 0 spiro atoms. The second-order valence-electron chi connectivity index (χ2n) is 10.9. The van der Waals surface area contributed by atoms with Crippen molar-refractivity contribution in [3.63, 3.8) is 0 Å². The first-order valence-corrected chi connectivity index (χ1v) is 12.5. The number of aliphatic carboxylic acids is 1. The van der Waals surface area contributed by atoms with Gasteiger partial charge >= 0.3 is 5.97 Å². The van der Waals surface area contributed by atoms with Gasteiger partial charge in [0.25, 0.3) is 5.91 Å². The third-order valence-corrected chi connectivity index (χ3v) is 5.49. The monoisotopic (exact) mass is 463 g/mol. The van der Waals surface area contributed by atoms with Gasteiger partial charge < -0.3 is 15.2 Å². The fraction of sp³-hybridized carbons (Fsp3) is 0.714. The second-order valence-corrected chi connectivity index (χ2v) is 10.9. The molecule has 0 rings (SSSR count).